The normalized spacial score (nSPS) is 32.3. The van der Waals surface area contributed by atoms with Gasteiger partial charge in [-0.15, -0.1) is 0 Å². The Morgan fingerprint density at radius 1 is 1.12 bits per heavy atom. The molecule has 5 nitrogen and oxygen atoms in total. The van der Waals surface area contributed by atoms with E-state index in [9.17, 15) is 4.79 Å². The van der Waals surface area contributed by atoms with Crippen LogP contribution in [0.5, 0.6) is 0 Å². The van der Waals surface area contributed by atoms with Crippen molar-refractivity contribution in [2.75, 3.05) is 7.05 Å². The molecule has 3 aliphatic rings. The summed E-state index contributed by atoms with van der Waals surface area (Å²) in [7, 11) is 1.71. The Kier molecular flexibility index (Phi) is 5.26. The van der Waals surface area contributed by atoms with Gasteiger partial charge in [-0.25, -0.2) is 0 Å². The Bertz CT molecular complexity index is 511. The summed E-state index contributed by atoms with van der Waals surface area (Å²) in [6, 6.07) is 0. The van der Waals surface area contributed by atoms with Gasteiger partial charge in [0.05, 0.1) is 0 Å². The average molecular weight is 332 g/mol. The van der Waals surface area contributed by atoms with E-state index in [4.69, 9.17) is 10.8 Å². The first-order valence-corrected chi connectivity index (χ1v) is 9.71. The van der Waals surface area contributed by atoms with E-state index >= 15 is 0 Å². The van der Waals surface area contributed by atoms with Crippen LogP contribution >= 0.6 is 0 Å². The fraction of sp³-hybridized carbons (Fsp3) is 0.842. The first kappa shape index (κ1) is 17.4. The van der Waals surface area contributed by atoms with E-state index in [0.717, 1.165) is 56.6 Å². The second kappa shape index (κ2) is 7.24. The van der Waals surface area contributed by atoms with Crippen molar-refractivity contribution >= 4 is 17.6 Å². The molecule has 3 rings (SSSR count). The van der Waals surface area contributed by atoms with Crippen molar-refractivity contribution in [2.24, 2.45) is 11.8 Å². The van der Waals surface area contributed by atoms with Crippen LogP contribution in [0.15, 0.2) is 0 Å². The lowest BCUT2D eigenvalue weighted by Crippen LogP contribution is -2.49. The van der Waals surface area contributed by atoms with Crippen LogP contribution in [0.2, 0.25) is 0 Å². The van der Waals surface area contributed by atoms with Crippen LogP contribution in [-0.4, -0.2) is 35.1 Å². The van der Waals surface area contributed by atoms with Gasteiger partial charge in [-0.05, 0) is 56.8 Å². The zero-order valence-corrected chi connectivity index (χ0v) is 15.0. The highest BCUT2D eigenvalue weighted by Gasteiger charge is 2.49. The number of rotatable bonds is 5. The lowest BCUT2D eigenvalue weighted by Gasteiger charge is -2.34. The Labute approximate surface area is 145 Å². The van der Waals surface area contributed by atoms with Crippen LogP contribution < -0.4 is 5.32 Å². The monoisotopic (exact) mass is 332 g/mol. The van der Waals surface area contributed by atoms with Gasteiger partial charge in [-0.3, -0.25) is 15.1 Å². The third-order valence-corrected chi connectivity index (χ3v) is 6.37. The second-order valence-electron chi connectivity index (χ2n) is 8.23. The minimum Gasteiger partial charge on any atom is -0.342 e. The number of amides is 1. The Morgan fingerprint density at radius 3 is 2.46 bits per heavy atom. The van der Waals surface area contributed by atoms with Gasteiger partial charge < -0.3 is 10.7 Å². The number of carbonyl (C=O) groups is 1. The predicted molar refractivity (Wildman–Crippen MR) is 96.5 cm³/mol. The van der Waals surface area contributed by atoms with E-state index in [0.29, 0.717) is 5.92 Å². The highest BCUT2D eigenvalue weighted by atomic mass is 16.2. The maximum Gasteiger partial charge on any atom is 0.254 e. The minimum atomic E-state index is -0.592. The molecule has 3 fully saturated rings. The quantitative estimate of drug-likeness (QED) is 0.718. The maximum atomic E-state index is 12.9. The smallest absolute Gasteiger partial charge is 0.254 e. The molecule has 1 amide bonds. The van der Waals surface area contributed by atoms with Crippen molar-refractivity contribution in [3.63, 3.8) is 0 Å². The number of guanidine groups is 1. The van der Waals surface area contributed by atoms with E-state index in [1.165, 1.54) is 37.0 Å². The summed E-state index contributed by atoms with van der Waals surface area (Å²) in [6.45, 7) is 0. The molecule has 1 aliphatic heterocycles. The van der Waals surface area contributed by atoms with Gasteiger partial charge in [0.1, 0.15) is 5.54 Å². The lowest BCUT2D eigenvalue weighted by molar-refractivity contribution is -0.131. The summed E-state index contributed by atoms with van der Waals surface area (Å²) in [5.41, 5.74) is 0.244. The van der Waals surface area contributed by atoms with Crippen molar-refractivity contribution in [2.45, 2.75) is 82.6 Å². The molecule has 0 unspecified atom stereocenters. The molecule has 0 bridgehead atoms. The molecule has 5 heteroatoms. The molecule has 0 spiro atoms. The van der Waals surface area contributed by atoms with Gasteiger partial charge >= 0.3 is 0 Å². The molecule has 0 radical (unpaired) electrons. The number of carbonyl (C=O) groups excluding carboxylic acids is 1. The standard InChI is InChI=1S/C19H32N4O/c1-23-17(24)19(22-18(23)21,11-10-14-6-3-2-4-7-14)13-15-8-5-9-16(20)12-15/h14-15,20H,2-13H2,1H3,(H2,21,22)/t15-,19-/m1/s1. The topological polar surface area (TPSA) is 80.0 Å². The first-order chi connectivity index (χ1) is 11.5. The summed E-state index contributed by atoms with van der Waals surface area (Å²) in [5, 5.41) is 19.3. The third kappa shape index (κ3) is 3.65. The molecular formula is C19H32N4O. The Hall–Kier alpha value is -1.39. The summed E-state index contributed by atoms with van der Waals surface area (Å²) in [6.07, 6.45) is 13.3. The first-order valence-electron chi connectivity index (χ1n) is 9.71. The highest BCUT2D eigenvalue weighted by molar-refractivity contribution is 6.07. The van der Waals surface area contributed by atoms with Crippen molar-refractivity contribution in [3.05, 3.63) is 0 Å². The zero-order chi connectivity index (χ0) is 17.2. The lowest BCUT2D eigenvalue weighted by atomic mass is 9.74. The number of nitrogens with zero attached hydrogens (tertiary/aromatic N) is 1. The molecular weight excluding hydrogens is 300 g/mol. The molecule has 134 valence electrons. The van der Waals surface area contributed by atoms with Crippen LogP contribution in [0.4, 0.5) is 0 Å². The van der Waals surface area contributed by atoms with E-state index in [1.54, 1.807) is 7.05 Å². The SMILES string of the molecule is CN1C(=N)N[C@](CCC2CCCCC2)(C[C@@H]2CCCC(=N)C2)C1=O. The molecule has 3 N–H and O–H groups in total. The predicted octanol–water partition coefficient (Wildman–Crippen LogP) is 3.68. The maximum absolute atomic E-state index is 12.9. The Balaban J connectivity index is 1.70. The molecule has 2 aliphatic carbocycles. The third-order valence-electron chi connectivity index (χ3n) is 6.37. The van der Waals surface area contributed by atoms with Crippen LogP contribution in [0.1, 0.15) is 77.0 Å². The summed E-state index contributed by atoms with van der Waals surface area (Å²) in [5.74, 6) is 1.47. The average Bonchev–Trinajstić information content (AvgIpc) is 2.78. The summed E-state index contributed by atoms with van der Waals surface area (Å²) in [4.78, 5) is 14.4. The molecule has 0 aromatic heterocycles. The van der Waals surface area contributed by atoms with Gasteiger partial charge in [-0.1, -0.05) is 32.1 Å². The fourth-order valence-corrected chi connectivity index (χ4v) is 4.95. The van der Waals surface area contributed by atoms with Gasteiger partial charge in [0, 0.05) is 12.8 Å². The van der Waals surface area contributed by atoms with E-state index in [1.807, 2.05) is 0 Å². The minimum absolute atomic E-state index is 0.0698. The number of likely N-dealkylation sites (N-methyl/N-ethyl adjacent to an activating group) is 1. The van der Waals surface area contributed by atoms with Crippen LogP contribution in [-0.2, 0) is 4.79 Å². The van der Waals surface area contributed by atoms with Crippen molar-refractivity contribution in [1.82, 2.24) is 10.2 Å². The largest absolute Gasteiger partial charge is 0.342 e. The Morgan fingerprint density at radius 2 is 1.83 bits per heavy atom. The zero-order valence-electron chi connectivity index (χ0n) is 15.0. The van der Waals surface area contributed by atoms with Crippen LogP contribution in [0.3, 0.4) is 0 Å². The van der Waals surface area contributed by atoms with Crippen molar-refractivity contribution in [1.29, 1.82) is 10.8 Å². The van der Waals surface area contributed by atoms with Gasteiger partial charge in [-0.2, -0.15) is 0 Å². The van der Waals surface area contributed by atoms with E-state index in [2.05, 4.69) is 5.32 Å². The molecule has 1 heterocycles. The molecule has 2 atom stereocenters. The molecule has 24 heavy (non-hydrogen) atoms. The number of nitrogens with one attached hydrogen (secondary N) is 3. The van der Waals surface area contributed by atoms with E-state index in [-0.39, 0.29) is 11.9 Å². The van der Waals surface area contributed by atoms with Crippen molar-refractivity contribution in [3.8, 4) is 0 Å². The highest BCUT2D eigenvalue weighted by Crippen LogP contribution is 2.37. The van der Waals surface area contributed by atoms with E-state index < -0.39 is 5.54 Å². The van der Waals surface area contributed by atoms with Crippen LogP contribution in [0.25, 0.3) is 0 Å². The van der Waals surface area contributed by atoms with Gasteiger partial charge in [0.2, 0.25) is 0 Å². The molecule has 0 aromatic rings. The number of hydrogen-bond acceptors (Lipinski definition) is 3. The summed E-state index contributed by atoms with van der Waals surface area (Å²) >= 11 is 0. The van der Waals surface area contributed by atoms with Crippen LogP contribution in [0, 0.1) is 22.7 Å². The molecule has 1 saturated heterocycles. The fourth-order valence-electron chi connectivity index (χ4n) is 4.95. The van der Waals surface area contributed by atoms with Crippen molar-refractivity contribution < 1.29 is 4.79 Å². The molecule has 0 aromatic carbocycles. The molecule has 2 saturated carbocycles. The summed E-state index contributed by atoms with van der Waals surface area (Å²) < 4.78 is 0. The second-order valence-corrected chi connectivity index (χ2v) is 8.23. The number of hydrogen-bond donors (Lipinski definition) is 3. The van der Waals surface area contributed by atoms with Gasteiger partial charge in [0.15, 0.2) is 5.96 Å². The van der Waals surface area contributed by atoms with Gasteiger partial charge in [0.25, 0.3) is 5.91 Å².